The van der Waals surface area contributed by atoms with Crippen LogP contribution in [0.15, 0.2) is 42.6 Å². The minimum absolute atomic E-state index is 0.340. The zero-order valence-electron chi connectivity index (χ0n) is 9.39. The number of hydrogen-bond acceptors (Lipinski definition) is 2. The average Bonchev–Trinajstić information content (AvgIpc) is 2.37. The number of rotatable bonds is 1. The van der Waals surface area contributed by atoms with Gasteiger partial charge in [0.2, 0.25) is 0 Å². The highest BCUT2D eigenvalue weighted by atomic mass is 16.3. The molecule has 0 aliphatic carbocycles. The maximum Gasteiger partial charge on any atom is 0.131 e. The summed E-state index contributed by atoms with van der Waals surface area (Å²) in [6.07, 6.45) is 2.15. The van der Waals surface area contributed by atoms with E-state index < -0.39 is 5.60 Å². The quantitative estimate of drug-likeness (QED) is 0.775. The Morgan fingerprint density at radius 3 is 2.38 bits per heavy atom. The van der Waals surface area contributed by atoms with E-state index in [0.717, 1.165) is 37.2 Å². The van der Waals surface area contributed by atoms with Crippen LogP contribution < -0.4 is 0 Å². The van der Waals surface area contributed by atoms with Crippen LogP contribution in [0.2, 0.25) is 0 Å². The molecule has 3 fully saturated rings. The number of hydrogen-bond donors (Lipinski definition) is 1. The van der Waals surface area contributed by atoms with E-state index >= 15 is 0 Å². The summed E-state index contributed by atoms with van der Waals surface area (Å²) in [5.74, 6) is 0.340. The Morgan fingerprint density at radius 1 is 1.19 bits per heavy atom. The smallest absolute Gasteiger partial charge is 0.131 e. The Hall–Kier alpha value is -1.28. The van der Waals surface area contributed by atoms with Gasteiger partial charge in [0.25, 0.3) is 0 Å². The van der Waals surface area contributed by atoms with Crippen molar-refractivity contribution in [3.05, 3.63) is 48.2 Å². The number of fused-ring (bicyclic) bond motifs is 3. The molecule has 0 amide bonds. The zero-order chi connectivity index (χ0) is 11.2. The maximum absolute atomic E-state index is 11.0. The number of benzene rings is 1. The van der Waals surface area contributed by atoms with Crippen LogP contribution in [-0.4, -0.2) is 23.1 Å². The van der Waals surface area contributed by atoms with Crippen LogP contribution in [-0.2, 0) is 5.60 Å². The first-order chi connectivity index (χ1) is 7.73. The molecular formula is C14H17NO. The highest BCUT2D eigenvalue weighted by molar-refractivity contribution is 5.35. The van der Waals surface area contributed by atoms with Gasteiger partial charge in [0.05, 0.1) is 0 Å². The molecule has 1 N–H and O–H groups in total. The first-order valence-electron chi connectivity index (χ1n) is 5.95. The molecule has 0 radical (unpaired) electrons. The highest BCUT2D eigenvalue weighted by Gasteiger charge is 2.49. The lowest BCUT2D eigenvalue weighted by Crippen LogP contribution is -2.54. The first kappa shape index (κ1) is 9.91. The van der Waals surface area contributed by atoms with Crippen LogP contribution in [0.5, 0.6) is 0 Å². The predicted octanol–water partition coefficient (Wildman–Crippen LogP) is 2.11. The van der Waals surface area contributed by atoms with Crippen molar-refractivity contribution in [3.8, 4) is 0 Å². The van der Waals surface area contributed by atoms with Crippen molar-refractivity contribution in [1.29, 1.82) is 0 Å². The molecule has 0 aromatic heterocycles. The molecule has 16 heavy (non-hydrogen) atoms. The minimum Gasteiger partial charge on any atom is -0.379 e. The second-order valence-corrected chi connectivity index (χ2v) is 4.84. The topological polar surface area (TPSA) is 23.5 Å². The van der Waals surface area contributed by atoms with E-state index in [1.165, 1.54) is 0 Å². The summed E-state index contributed by atoms with van der Waals surface area (Å²) in [4.78, 5) is 2.23. The molecule has 3 saturated heterocycles. The number of aliphatic hydroxyl groups is 1. The molecule has 1 aromatic carbocycles. The first-order valence-corrected chi connectivity index (χ1v) is 5.95. The van der Waals surface area contributed by atoms with Crippen molar-refractivity contribution in [1.82, 2.24) is 4.90 Å². The third-order valence-corrected chi connectivity index (χ3v) is 4.12. The van der Waals surface area contributed by atoms with Crippen LogP contribution in [0.3, 0.4) is 0 Å². The second kappa shape index (κ2) is 3.36. The zero-order valence-corrected chi connectivity index (χ0v) is 9.39. The average molecular weight is 215 g/mol. The van der Waals surface area contributed by atoms with Gasteiger partial charge in [0.15, 0.2) is 0 Å². The van der Waals surface area contributed by atoms with Crippen molar-refractivity contribution in [2.45, 2.75) is 18.4 Å². The van der Waals surface area contributed by atoms with Gasteiger partial charge in [-0.2, -0.15) is 0 Å². The number of piperidine rings is 3. The van der Waals surface area contributed by atoms with Gasteiger partial charge in [-0.1, -0.05) is 36.9 Å². The predicted molar refractivity (Wildman–Crippen MR) is 63.8 cm³/mol. The van der Waals surface area contributed by atoms with Crippen LogP contribution in [0.25, 0.3) is 0 Å². The fraction of sp³-hybridized carbons (Fsp3) is 0.429. The normalized spacial score (nSPS) is 33.2. The van der Waals surface area contributed by atoms with Crippen molar-refractivity contribution in [2.24, 2.45) is 5.92 Å². The molecule has 3 heterocycles. The Bertz CT molecular complexity index is 406. The van der Waals surface area contributed by atoms with Gasteiger partial charge in [-0.25, -0.2) is 0 Å². The Labute approximate surface area is 96.2 Å². The van der Waals surface area contributed by atoms with E-state index in [1.807, 2.05) is 30.3 Å². The minimum atomic E-state index is -0.822. The molecule has 1 atom stereocenters. The van der Waals surface area contributed by atoms with Gasteiger partial charge in [0.1, 0.15) is 5.60 Å². The summed E-state index contributed by atoms with van der Waals surface area (Å²) in [6.45, 7) is 6.21. The standard InChI is InChI=1S/C14H17NO/c1-11-14(16,12-5-3-2-4-6-12)13-7-9-15(11)10-8-13/h2-6,13,16H,1,7-10H2/t14-/m0/s1. The summed E-state index contributed by atoms with van der Waals surface area (Å²) in [5, 5.41) is 11.0. The molecule has 2 bridgehead atoms. The van der Waals surface area contributed by atoms with Crippen molar-refractivity contribution in [2.75, 3.05) is 13.1 Å². The molecule has 4 rings (SSSR count). The Morgan fingerprint density at radius 2 is 1.81 bits per heavy atom. The largest absolute Gasteiger partial charge is 0.379 e. The van der Waals surface area contributed by atoms with Crippen LogP contribution in [0.1, 0.15) is 18.4 Å². The monoisotopic (exact) mass is 215 g/mol. The summed E-state index contributed by atoms with van der Waals surface area (Å²) < 4.78 is 0. The van der Waals surface area contributed by atoms with Crippen molar-refractivity contribution in [3.63, 3.8) is 0 Å². The van der Waals surface area contributed by atoms with E-state index in [2.05, 4.69) is 11.5 Å². The van der Waals surface area contributed by atoms with E-state index in [9.17, 15) is 5.11 Å². The molecule has 2 nitrogen and oxygen atoms in total. The van der Waals surface area contributed by atoms with Crippen molar-refractivity contribution < 1.29 is 5.11 Å². The molecule has 2 heteroatoms. The van der Waals surface area contributed by atoms with E-state index in [0.29, 0.717) is 5.92 Å². The van der Waals surface area contributed by atoms with Crippen LogP contribution >= 0.6 is 0 Å². The van der Waals surface area contributed by atoms with Crippen LogP contribution in [0.4, 0.5) is 0 Å². The molecular weight excluding hydrogens is 198 g/mol. The van der Waals surface area contributed by atoms with E-state index in [1.54, 1.807) is 0 Å². The third-order valence-electron chi connectivity index (χ3n) is 4.12. The molecule has 0 saturated carbocycles. The SMILES string of the molecule is C=C1N2CCC(CC2)[C@@]1(O)c1ccccc1. The molecule has 0 spiro atoms. The summed E-state index contributed by atoms with van der Waals surface area (Å²) in [7, 11) is 0. The van der Waals surface area contributed by atoms with Gasteiger partial charge in [0, 0.05) is 24.7 Å². The lowest BCUT2D eigenvalue weighted by molar-refractivity contribution is -0.0759. The highest BCUT2D eigenvalue weighted by Crippen LogP contribution is 2.48. The number of nitrogens with zero attached hydrogens (tertiary/aromatic N) is 1. The molecule has 84 valence electrons. The van der Waals surface area contributed by atoms with Crippen LogP contribution in [0, 0.1) is 5.92 Å². The lowest BCUT2D eigenvalue weighted by Gasteiger charge is -2.53. The van der Waals surface area contributed by atoms with Gasteiger partial charge >= 0.3 is 0 Å². The molecule has 3 aliphatic heterocycles. The summed E-state index contributed by atoms with van der Waals surface area (Å²) >= 11 is 0. The van der Waals surface area contributed by atoms with Gasteiger partial charge in [-0.05, 0) is 18.4 Å². The third kappa shape index (κ3) is 1.17. The fourth-order valence-corrected chi connectivity index (χ4v) is 3.14. The lowest BCUT2D eigenvalue weighted by atomic mass is 9.70. The van der Waals surface area contributed by atoms with Gasteiger partial charge < -0.3 is 10.0 Å². The van der Waals surface area contributed by atoms with Gasteiger partial charge in [-0.15, -0.1) is 0 Å². The Balaban J connectivity index is 2.07. The molecule has 3 aliphatic rings. The fourth-order valence-electron chi connectivity index (χ4n) is 3.14. The summed E-state index contributed by atoms with van der Waals surface area (Å²) in [5.41, 5.74) is 1.06. The second-order valence-electron chi connectivity index (χ2n) is 4.84. The van der Waals surface area contributed by atoms with E-state index in [-0.39, 0.29) is 0 Å². The van der Waals surface area contributed by atoms with Gasteiger partial charge in [-0.3, -0.25) is 0 Å². The van der Waals surface area contributed by atoms with E-state index in [4.69, 9.17) is 0 Å². The molecule has 0 unspecified atom stereocenters. The Kier molecular flexibility index (Phi) is 2.08. The van der Waals surface area contributed by atoms with Crippen molar-refractivity contribution >= 4 is 0 Å². The maximum atomic E-state index is 11.0. The molecule has 1 aromatic rings. The summed E-state index contributed by atoms with van der Waals surface area (Å²) in [6, 6.07) is 9.97.